The van der Waals surface area contributed by atoms with Crippen molar-refractivity contribution in [2.24, 2.45) is 11.1 Å². The fourth-order valence-electron chi connectivity index (χ4n) is 4.28. The molecule has 0 aromatic heterocycles. The lowest BCUT2D eigenvalue weighted by Gasteiger charge is -2.33. The summed E-state index contributed by atoms with van der Waals surface area (Å²) in [6, 6.07) is 8.19. The SMILES string of the molecule is CN(c1ccccc1NC(=O)N1CCC[C@@H](CS(N)(=O)=O)C1)C1CCCC1. The highest BCUT2D eigenvalue weighted by molar-refractivity contribution is 7.89. The van der Waals surface area contributed by atoms with Gasteiger partial charge in [-0.15, -0.1) is 0 Å². The van der Waals surface area contributed by atoms with Crippen LogP contribution in [0.1, 0.15) is 38.5 Å². The molecule has 1 heterocycles. The highest BCUT2D eigenvalue weighted by atomic mass is 32.2. The van der Waals surface area contributed by atoms with E-state index in [4.69, 9.17) is 5.14 Å². The Hall–Kier alpha value is -1.80. The molecule has 3 rings (SSSR count). The molecule has 0 radical (unpaired) electrons. The van der Waals surface area contributed by atoms with Crippen LogP contribution in [0.3, 0.4) is 0 Å². The third-order valence-corrected chi connectivity index (χ3v) is 6.61. The minimum atomic E-state index is -3.52. The zero-order valence-corrected chi connectivity index (χ0v) is 16.7. The molecule has 1 saturated heterocycles. The first-order valence-corrected chi connectivity index (χ1v) is 11.4. The topological polar surface area (TPSA) is 95.7 Å². The fourth-order valence-corrected chi connectivity index (χ4v) is 5.21. The molecule has 1 saturated carbocycles. The van der Waals surface area contributed by atoms with Gasteiger partial charge in [-0.1, -0.05) is 25.0 Å². The van der Waals surface area contributed by atoms with Gasteiger partial charge >= 0.3 is 6.03 Å². The van der Waals surface area contributed by atoms with Gasteiger partial charge in [-0.2, -0.15) is 0 Å². The molecular weight excluding hydrogens is 364 g/mol. The van der Waals surface area contributed by atoms with E-state index in [1.54, 1.807) is 4.90 Å². The number of urea groups is 1. The number of hydrogen-bond acceptors (Lipinski definition) is 4. The third-order valence-electron chi connectivity index (χ3n) is 5.67. The standard InChI is InChI=1S/C19H30N4O3S/c1-22(16-8-2-3-9-16)18-11-5-4-10-17(18)21-19(24)23-12-6-7-15(13-23)14-27(20,25)26/h4-5,10-11,15-16H,2-3,6-9,12-14H2,1H3,(H,21,24)(H2,20,25,26)/t15-/m1/s1. The van der Waals surface area contributed by atoms with Crippen molar-refractivity contribution in [1.82, 2.24) is 4.90 Å². The molecule has 0 spiro atoms. The molecule has 0 bridgehead atoms. The maximum absolute atomic E-state index is 12.8. The van der Waals surface area contributed by atoms with E-state index >= 15 is 0 Å². The van der Waals surface area contributed by atoms with Crippen LogP contribution >= 0.6 is 0 Å². The van der Waals surface area contributed by atoms with Gasteiger partial charge in [0.05, 0.1) is 17.1 Å². The van der Waals surface area contributed by atoms with Gasteiger partial charge in [0.15, 0.2) is 0 Å². The van der Waals surface area contributed by atoms with E-state index in [0.717, 1.165) is 24.2 Å². The van der Waals surface area contributed by atoms with Crippen LogP contribution in [0.2, 0.25) is 0 Å². The third kappa shape index (κ3) is 5.35. The number of para-hydroxylation sites is 2. The number of hydrogen-bond donors (Lipinski definition) is 2. The molecule has 1 aromatic rings. The second-order valence-corrected chi connectivity index (χ2v) is 9.44. The molecule has 1 aromatic carbocycles. The Bertz CT molecular complexity index is 762. The predicted molar refractivity (Wildman–Crippen MR) is 108 cm³/mol. The molecule has 150 valence electrons. The number of carbonyl (C=O) groups is 1. The molecule has 2 fully saturated rings. The maximum Gasteiger partial charge on any atom is 0.321 e. The Morgan fingerprint density at radius 1 is 1.22 bits per heavy atom. The number of amides is 2. The second-order valence-electron chi connectivity index (χ2n) is 7.78. The quantitative estimate of drug-likeness (QED) is 0.802. The Morgan fingerprint density at radius 2 is 1.93 bits per heavy atom. The van der Waals surface area contributed by atoms with Crippen LogP contribution in [0, 0.1) is 5.92 Å². The monoisotopic (exact) mass is 394 g/mol. The second kappa shape index (κ2) is 8.48. The van der Waals surface area contributed by atoms with Crippen molar-refractivity contribution < 1.29 is 13.2 Å². The molecule has 2 aliphatic rings. The van der Waals surface area contributed by atoms with Crippen LogP contribution in [-0.4, -0.2) is 51.3 Å². The highest BCUT2D eigenvalue weighted by Crippen LogP contribution is 2.32. The first kappa shape index (κ1) is 19.9. The zero-order chi connectivity index (χ0) is 19.4. The van der Waals surface area contributed by atoms with E-state index in [2.05, 4.69) is 17.3 Å². The van der Waals surface area contributed by atoms with Gasteiger partial charge in [0.1, 0.15) is 0 Å². The summed E-state index contributed by atoms with van der Waals surface area (Å²) in [6.07, 6.45) is 6.43. The van der Waals surface area contributed by atoms with Crippen LogP contribution in [-0.2, 0) is 10.0 Å². The van der Waals surface area contributed by atoms with Crippen LogP contribution in [0.5, 0.6) is 0 Å². The Morgan fingerprint density at radius 3 is 2.63 bits per heavy atom. The smallest absolute Gasteiger partial charge is 0.321 e. The van der Waals surface area contributed by atoms with Gasteiger partial charge in [-0.25, -0.2) is 18.4 Å². The molecule has 2 amide bonds. The van der Waals surface area contributed by atoms with Crippen molar-refractivity contribution in [3.8, 4) is 0 Å². The molecule has 1 atom stereocenters. The number of rotatable bonds is 5. The number of nitrogens with two attached hydrogens (primary N) is 1. The van der Waals surface area contributed by atoms with Gasteiger partial charge in [0.25, 0.3) is 0 Å². The molecule has 1 aliphatic carbocycles. The summed E-state index contributed by atoms with van der Waals surface area (Å²) in [5.41, 5.74) is 1.82. The highest BCUT2D eigenvalue weighted by Gasteiger charge is 2.27. The molecular formula is C19H30N4O3S. The number of primary sulfonamides is 1. The van der Waals surface area contributed by atoms with E-state index in [-0.39, 0.29) is 17.7 Å². The van der Waals surface area contributed by atoms with Crippen molar-refractivity contribution in [3.63, 3.8) is 0 Å². The summed E-state index contributed by atoms with van der Waals surface area (Å²) >= 11 is 0. The summed E-state index contributed by atoms with van der Waals surface area (Å²) in [6.45, 7) is 1.05. The minimum Gasteiger partial charge on any atom is -0.370 e. The number of piperidine rings is 1. The van der Waals surface area contributed by atoms with Crippen LogP contribution < -0.4 is 15.4 Å². The summed E-state index contributed by atoms with van der Waals surface area (Å²) in [7, 11) is -1.44. The fraction of sp³-hybridized carbons (Fsp3) is 0.632. The van der Waals surface area contributed by atoms with Gasteiger partial charge in [0, 0.05) is 26.2 Å². The van der Waals surface area contributed by atoms with Gasteiger partial charge in [0.2, 0.25) is 10.0 Å². The number of nitrogens with zero attached hydrogens (tertiary/aromatic N) is 2. The van der Waals surface area contributed by atoms with Crippen LogP contribution in [0.25, 0.3) is 0 Å². The largest absolute Gasteiger partial charge is 0.370 e. The van der Waals surface area contributed by atoms with Crippen molar-refractivity contribution in [2.75, 3.05) is 36.1 Å². The van der Waals surface area contributed by atoms with Crippen molar-refractivity contribution in [3.05, 3.63) is 24.3 Å². The summed E-state index contributed by atoms with van der Waals surface area (Å²) in [5, 5.41) is 8.20. The average Bonchev–Trinajstić information content (AvgIpc) is 3.15. The lowest BCUT2D eigenvalue weighted by atomic mass is 10.0. The van der Waals surface area contributed by atoms with E-state index in [1.807, 2.05) is 24.3 Å². The number of anilines is 2. The summed E-state index contributed by atoms with van der Waals surface area (Å²) in [5.74, 6) is -0.173. The summed E-state index contributed by atoms with van der Waals surface area (Å²) < 4.78 is 22.7. The lowest BCUT2D eigenvalue weighted by molar-refractivity contribution is 0.183. The number of nitrogens with one attached hydrogen (secondary N) is 1. The molecule has 0 unspecified atom stereocenters. The number of sulfonamides is 1. The Labute approximate surface area is 161 Å². The maximum atomic E-state index is 12.8. The number of likely N-dealkylation sites (tertiary alicyclic amines) is 1. The zero-order valence-electron chi connectivity index (χ0n) is 15.9. The first-order chi connectivity index (χ1) is 12.8. The molecule has 1 aliphatic heterocycles. The normalized spacial score (nSPS) is 21.3. The minimum absolute atomic E-state index is 0.0716. The Balaban J connectivity index is 1.67. The van der Waals surface area contributed by atoms with Gasteiger partial charge in [-0.05, 0) is 43.7 Å². The Kier molecular flexibility index (Phi) is 6.26. The van der Waals surface area contributed by atoms with Crippen LogP contribution in [0.4, 0.5) is 16.2 Å². The van der Waals surface area contributed by atoms with Gasteiger partial charge in [-0.3, -0.25) is 0 Å². The molecule has 27 heavy (non-hydrogen) atoms. The van der Waals surface area contributed by atoms with Gasteiger partial charge < -0.3 is 15.1 Å². The predicted octanol–water partition coefficient (Wildman–Crippen LogP) is 2.60. The van der Waals surface area contributed by atoms with Crippen molar-refractivity contribution >= 4 is 27.4 Å². The molecule has 3 N–H and O–H groups in total. The lowest BCUT2D eigenvalue weighted by Crippen LogP contribution is -2.44. The van der Waals surface area contributed by atoms with E-state index in [1.165, 1.54) is 25.7 Å². The van der Waals surface area contributed by atoms with E-state index in [9.17, 15) is 13.2 Å². The van der Waals surface area contributed by atoms with E-state index < -0.39 is 10.0 Å². The number of carbonyl (C=O) groups excluding carboxylic acids is 1. The number of benzene rings is 1. The van der Waals surface area contributed by atoms with E-state index in [0.29, 0.717) is 19.1 Å². The average molecular weight is 395 g/mol. The molecule has 7 nitrogen and oxygen atoms in total. The van der Waals surface area contributed by atoms with Crippen molar-refractivity contribution in [2.45, 2.75) is 44.6 Å². The summed E-state index contributed by atoms with van der Waals surface area (Å²) in [4.78, 5) is 16.8. The van der Waals surface area contributed by atoms with Crippen LogP contribution in [0.15, 0.2) is 24.3 Å². The molecule has 8 heteroatoms. The van der Waals surface area contributed by atoms with Crippen molar-refractivity contribution in [1.29, 1.82) is 0 Å². The first-order valence-electron chi connectivity index (χ1n) is 9.72.